The predicted octanol–water partition coefficient (Wildman–Crippen LogP) is 1.28. The number of aromatic nitrogens is 1. The van der Waals surface area contributed by atoms with E-state index in [9.17, 15) is 0 Å². The first kappa shape index (κ1) is 13.0. The van der Waals surface area contributed by atoms with Gasteiger partial charge in [-0.15, -0.1) is 23.7 Å². The van der Waals surface area contributed by atoms with Crippen LogP contribution in [0.4, 0.5) is 0 Å². The Kier molecular flexibility index (Phi) is 8.87. The van der Waals surface area contributed by atoms with Crippen LogP contribution < -0.4 is 5.73 Å². The first-order valence-electron chi connectivity index (χ1n) is 2.74. The maximum absolute atomic E-state index is 8.58. The van der Waals surface area contributed by atoms with E-state index in [1.54, 1.807) is 11.3 Å². The van der Waals surface area contributed by atoms with Gasteiger partial charge >= 0.3 is 0 Å². The Morgan fingerprint density at radius 2 is 2.09 bits per heavy atom. The minimum atomic E-state index is 0. The number of hydrogen-bond acceptors (Lipinski definition) is 3. The Balaban J connectivity index is 0. The summed E-state index contributed by atoms with van der Waals surface area (Å²) in [5, 5.41) is 3.20. The van der Waals surface area contributed by atoms with E-state index in [0.29, 0.717) is 0 Å². The molecule has 0 bridgehead atoms. The van der Waals surface area contributed by atoms with E-state index in [0.717, 1.165) is 10.7 Å². The molecule has 0 radical (unpaired) electrons. The lowest BCUT2D eigenvalue weighted by molar-refractivity contribution is -0.106. The van der Waals surface area contributed by atoms with E-state index < -0.39 is 0 Å². The maximum Gasteiger partial charge on any atom is 0.204 e. The number of carbonyl (C=O) groups excluding carboxylic acids is 1. The molecule has 11 heavy (non-hydrogen) atoms. The number of primary amides is 1. The van der Waals surface area contributed by atoms with E-state index in [2.05, 4.69) is 16.1 Å². The predicted molar refractivity (Wildman–Crippen MR) is 49.1 cm³/mol. The summed E-state index contributed by atoms with van der Waals surface area (Å²) in [6.07, 6.45) is 0.250. The molecule has 0 unspecified atom stereocenters. The van der Waals surface area contributed by atoms with E-state index in [-0.39, 0.29) is 18.8 Å². The molecule has 0 saturated heterocycles. The van der Waals surface area contributed by atoms with Gasteiger partial charge in [-0.1, -0.05) is 0 Å². The highest BCUT2D eigenvalue weighted by atomic mass is 35.5. The largest absolute Gasteiger partial charge is 0.372 e. The molecule has 5 heteroatoms. The van der Waals surface area contributed by atoms with Crippen LogP contribution in [-0.4, -0.2) is 11.4 Å². The zero-order chi connectivity index (χ0) is 7.98. The number of halogens is 1. The topological polar surface area (TPSA) is 56.0 Å². The number of amides is 1. The second kappa shape index (κ2) is 7.50. The van der Waals surface area contributed by atoms with Crippen LogP contribution in [0, 0.1) is 13.8 Å². The van der Waals surface area contributed by atoms with Gasteiger partial charge in [-0.05, 0) is 13.8 Å². The van der Waals surface area contributed by atoms with E-state index in [1.807, 2.05) is 13.8 Å². The number of rotatable bonds is 0. The molecule has 0 saturated carbocycles. The van der Waals surface area contributed by atoms with Crippen molar-refractivity contribution in [1.29, 1.82) is 0 Å². The van der Waals surface area contributed by atoms with E-state index in [1.165, 1.54) is 0 Å². The van der Waals surface area contributed by atoms with Gasteiger partial charge in [0, 0.05) is 11.1 Å². The molecule has 0 aliphatic carbocycles. The lowest BCUT2D eigenvalue weighted by Crippen LogP contribution is -1.82. The Bertz CT molecular complexity index is 186. The maximum atomic E-state index is 8.58. The Morgan fingerprint density at radius 1 is 1.64 bits per heavy atom. The molecule has 1 aromatic rings. The molecule has 0 atom stereocenters. The third kappa shape index (κ3) is 7.29. The zero-order valence-electron chi connectivity index (χ0n) is 6.40. The second-order valence-electron chi connectivity index (χ2n) is 1.64. The molecule has 0 aliphatic rings. The van der Waals surface area contributed by atoms with Gasteiger partial charge < -0.3 is 5.73 Å². The van der Waals surface area contributed by atoms with Gasteiger partial charge in [0.2, 0.25) is 6.41 Å². The van der Waals surface area contributed by atoms with Gasteiger partial charge in [-0.25, -0.2) is 4.98 Å². The average molecular weight is 195 g/mol. The fraction of sp³-hybridized carbons (Fsp3) is 0.333. The Labute approximate surface area is 76.0 Å². The molecule has 3 nitrogen and oxygen atoms in total. The molecule has 0 aromatic carbocycles. The molecule has 2 N–H and O–H groups in total. The normalized spacial score (nSPS) is 7.09. The Morgan fingerprint density at radius 3 is 2.18 bits per heavy atom. The summed E-state index contributed by atoms with van der Waals surface area (Å²) >= 11 is 1.69. The molecule has 0 aliphatic heterocycles. The minimum Gasteiger partial charge on any atom is -0.372 e. The summed E-state index contributed by atoms with van der Waals surface area (Å²) in [7, 11) is 0. The van der Waals surface area contributed by atoms with Crippen molar-refractivity contribution in [2.24, 2.45) is 5.73 Å². The highest BCUT2D eigenvalue weighted by molar-refractivity contribution is 7.09. The van der Waals surface area contributed by atoms with Crippen LogP contribution in [0.5, 0.6) is 0 Å². The van der Waals surface area contributed by atoms with Crippen molar-refractivity contribution in [2.75, 3.05) is 0 Å². The molecule has 1 amide bonds. The first-order chi connectivity index (χ1) is 4.70. The molecule has 64 valence electrons. The number of carbonyl (C=O) groups is 1. The van der Waals surface area contributed by atoms with Crippen molar-refractivity contribution in [1.82, 2.24) is 4.98 Å². The van der Waals surface area contributed by atoms with E-state index >= 15 is 0 Å². The average Bonchev–Trinajstić information content (AvgIpc) is 2.17. The van der Waals surface area contributed by atoms with Gasteiger partial charge in [0.15, 0.2) is 0 Å². The fourth-order valence-corrected chi connectivity index (χ4v) is 1.06. The van der Waals surface area contributed by atoms with Gasteiger partial charge in [0.1, 0.15) is 0 Å². The SMILES string of the molecule is Cc1csc(C)n1.Cl.NC=O. The lowest BCUT2D eigenvalue weighted by Gasteiger charge is -1.71. The highest BCUT2D eigenvalue weighted by Crippen LogP contribution is 2.04. The van der Waals surface area contributed by atoms with Crippen LogP contribution in [0.2, 0.25) is 0 Å². The summed E-state index contributed by atoms with van der Waals surface area (Å²) in [5.74, 6) is 0. The number of aryl methyl sites for hydroxylation is 2. The smallest absolute Gasteiger partial charge is 0.204 e. The van der Waals surface area contributed by atoms with Crippen LogP contribution in [0.25, 0.3) is 0 Å². The summed E-state index contributed by atoms with van der Waals surface area (Å²) in [4.78, 5) is 12.7. The number of hydrogen-bond donors (Lipinski definition) is 1. The standard InChI is InChI=1S/C5H7NS.CH3NO.ClH/c1-4-3-7-5(2)6-4;2-1-3;/h3H,1-2H3;1H,(H2,2,3);1H. The fourth-order valence-electron chi connectivity index (χ4n) is 0.472. The third-order valence-electron chi connectivity index (χ3n) is 0.734. The third-order valence-corrected chi connectivity index (χ3v) is 1.63. The number of nitrogens with two attached hydrogens (primary N) is 1. The summed E-state index contributed by atoms with van der Waals surface area (Å²) in [6.45, 7) is 4.02. The van der Waals surface area contributed by atoms with Crippen molar-refractivity contribution in [3.63, 3.8) is 0 Å². The molecule has 1 rings (SSSR count). The molecular formula is C6H11ClN2OS. The molecule has 1 heterocycles. The molecule has 0 fully saturated rings. The van der Waals surface area contributed by atoms with E-state index in [4.69, 9.17) is 4.79 Å². The minimum absolute atomic E-state index is 0. The van der Waals surface area contributed by atoms with Crippen LogP contribution >= 0.6 is 23.7 Å². The molecular weight excluding hydrogens is 184 g/mol. The lowest BCUT2D eigenvalue weighted by atomic mass is 10.6. The highest BCUT2D eigenvalue weighted by Gasteiger charge is 1.85. The van der Waals surface area contributed by atoms with Gasteiger partial charge in [0.05, 0.1) is 5.01 Å². The summed E-state index contributed by atoms with van der Waals surface area (Å²) < 4.78 is 0. The van der Waals surface area contributed by atoms with Crippen LogP contribution in [0.15, 0.2) is 5.38 Å². The monoisotopic (exact) mass is 194 g/mol. The van der Waals surface area contributed by atoms with Crippen molar-refractivity contribution >= 4 is 30.2 Å². The van der Waals surface area contributed by atoms with Crippen LogP contribution in [-0.2, 0) is 4.79 Å². The zero-order valence-corrected chi connectivity index (χ0v) is 8.04. The van der Waals surface area contributed by atoms with Crippen LogP contribution in [0.3, 0.4) is 0 Å². The number of nitrogens with zero attached hydrogens (tertiary/aromatic N) is 1. The summed E-state index contributed by atoms with van der Waals surface area (Å²) in [5.41, 5.74) is 5.29. The van der Waals surface area contributed by atoms with Crippen LogP contribution in [0.1, 0.15) is 10.7 Å². The van der Waals surface area contributed by atoms with Gasteiger partial charge in [0.25, 0.3) is 0 Å². The van der Waals surface area contributed by atoms with Gasteiger partial charge in [-0.3, -0.25) is 4.79 Å². The van der Waals surface area contributed by atoms with Crippen molar-refractivity contribution < 1.29 is 4.79 Å². The van der Waals surface area contributed by atoms with Crippen molar-refractivity contribution in [3.05, 3.63) is 16.1 Å². The second-order valence-corrected chi connectivity index (χ2v) is 2.71. The Hall–Kier alpha value is -0.610. The molecule has 1 aromatic heterocycles. The first-order valence-corrected chi connectivity index (χ1v) is 3.62. The summed E-state index contributed by atoms with van der Waals surface area (Å²) in [6, 6.07) is 0. The van der Waals surface area contributed by atoms with Crippen molar-refractivity contribution in [2.45, 2.75) is 13.8 Å². The number of thiazole rings is 1. The van der Waals surface area contributed by atoms with Gasteiger partial charge in [-0.2, -0.15) is 0 Å². The van der Waals surface area contributed by atoms with Crippen molar-refractivity contribution in [3.8, 4) is 0 Å². The molecule has 0 spiro atoms. The quantitative estimate of drug-likeness (QED) is 0.633.